The number of fused-ring (bicyclic) bond motifs is 1. The van der Waals surface area contributed by atoms with Crippen LogP contribution in [-0.2, 0) is 20.0 Å². The minimum atomic E-state index is -3.45. The summed E-state index contributed by atoms with van der Waals surface area (Å²) >= 11 is 0. The number of ether oxygens (including phenoxy) is 3. The zero-order valence-electron chi connectivity index (χ0n) is 20.4. The first-order valence-electron chi connectivity index (χ1n) is 11.7. The molecule has 1 aliphatic heterocycles. The summed E-state index contributed by atoms with van der Waals surface area (Å²) in [5.74, 6) is 0.564. The number of sulfone groups is 1. The molecular formula is C27H25N3O6S. The molecule has 2 atom stereocenters. The van der Waals surface area contributed by atoms with E-state index in [-0.39, 0.29) is 21.8 Å². The molecule has 37 heavy (non-hydrogen) atoms. The fourth-order valence-electron chi connectivity index (χ4n) is 4.78. The minimum absolute atomic E-state index is 0.0594. The monoisotopic (exact) mass is 519 g/mol. The molecule has 2 unspecified atom stereocenters. The van der Waals surface area contributed by atoms with Gasteiger partial charge in [-0.3, -0.25) is 4.79 Å². The summed E-state index contributed by atoms with van der Waals surface area (Å²) in [7, 11) is -1.99. The van der Waals surface area contributed by atoms with Gasteiger partial charge in [-0.05, 0) is 60.7 Å². The molecule has 0 bridgehead atoms. The Morgan fingerprint density at radius 2 is 2.05 bits per heavy atom. The van der Waals surface area contributed by atoms with Crippen LogP contribution in [0, 0.1) is 17.2 Å². The summed E-state index contributed by atoms with van der Waals surface area (Å²) in [5, 5.41) is 12.0. The van der Waals surface area contributed by atoms with Crippen LogP contribution >= 0.6 is 0 Å². The van der Waals surface area contributed by atoms with Gasteiger partial charge in [-0.15, -0.1) is 0 Å². The van der Waals surface area contributed by atoms with Gasteiger partial charge in [-0.2, -0.15) is 5.26 Å². The van der Waals surface area contributed by atoms with E-state index in [9.17, 15) is 18.5 Å². The van der Waals surface area contributed by atoms with Crippen molar-refractivity contribution in [2.45, 2.75) is 23.2 Å². The summed E-state index contributed by atoms with van der Waals surface area (Å²) in [5.41, 5.74) is 1.79. The Balaban J connectivity index is 1.52. The van der Waals surface area contributed by atoms with Crippen molar-refractivity contribution >= 4 is 21.4 Å². The largest absolute Gasteiger partial charge is 0.493 e. The third-order valence-electron chi connectivity index (χ3n) is 6.93. The average molecular weight is 520 g/mol. The summed E-state index contributed by atoms with van der Waals surface area (Å²) in [6.07, 6.45) is 4.66. The van der Waals surface area contributed by atoms with E-state index in [2.05, 4.69) is 10.3 Å². The van der Waals surface area contributed by atoms with Gasteiger partial charge < -0.3 is 19.5 Å². The Kier molecular flexibility index (Phi) is 6.35. The second kappa shape index (κ2) is 9.50. The van der Waals surface area contributed by atoms with E-state index < -0.39 is 15.7 Å². The van der Waals surface area contributed by atoms with Gasteiger partial charge in [0.25, 0.3) is 5.91 Å². The molecule has 2 aromatic carbocycles. The Morgan fingerprint density at radius 1 is 1.22 bits per heavy atom. The Bertz CT molecular complexity index is 1530. The zero-order chi connectivity index (χ0) is 26.2. The van der Waals surface area contributed by atoms with Gasteiger partial charge in [0, 0.05) is 36.2 Å². The molecule has 3 aromatic rings. The molecule has 9 nitrogen and oxygen atoms in total. The van der Waals surface area contributed by atoms with Gasteiger partial charge in [0.05, 0.1) is 30.2 Å². The van der Waals surface area contributed by atoms with E-state index in [4.69, 9.17) is 14.2 Å². The molecule has 10 heteroatoms. The number of carbonyl (C=O) groups is 1. The van der Waals surface area contributed by atoms with E-state index in [1.807, 2.05) is 6.07 Å². The van der Waals surface area contributed by atoms with Crippen molar-refractivity contribution in [3.05, 3.63) is 71.4 Å². The Labute approximate surface area is 214 Å². The zero-order valence-corrected chi connectivity index (χ0v) is 21.2. The maximum Gasteiger partial charge on any atom is 0.261 e. The maximum atomic E-state index is 13.5. The number of anilines is 1. The highest BCUT2D eigenvalue weighted by Gasteiger charge is 2.57. The lowest BCUT2D eigenvalue weighted by Crippen LogP contribution is -2.23. The SMILES string of the molecule is COc1cc(C#N)ccc1Oc1ncc(C23CCOCC2C3)cc1C(=O)Nc1cccc(S(C)(=O)=O)c1. The predicted octanol–water partition coefficient (Wildman–Crippen LogP) is 4.09. The quantitative estimate of drug-likeness (QED) is 0.494. The number of nitrogens with zero attached hydrogens (tertiary/aromatic N) is 2. The van der Waals surface area contributed by atoms with Crippen molar-refractivity contribution in [3.63, 3.8) is 0 Å². The van der Waals surface area contributed by atoms with E-state index in [1.165, 1.54) is 25.3 Å². The van der Waals surface area contributed by atoms with Crippen LogP contribution in [0.5, 0.6) is 17.4 Å². The molecule has 0 radical (unpaired) electrons. The van der Waals surface area contributed by atoms with Gasteiger partial charge in [0.1, 0.15) is 5.56 Å². The van der Waals surface area contributed by atoms with E-state index >= 15 is 0 Å². The average Bonchev–Trinajstić information content (AvgIpc) is 3.65. The fourth-order valence-corrected chi connectivity index (χ4v) is 5.45. The third kappa shape index (κ3) is 4.88. The number of nitriles is 1. The van der Waals surface area contributed by atoms with Crippen LogP contribution in [0.2, 0.25) is 0 Å². The molecule has 1 saturated carbocycles. The lowest BCUT2D eigenvalue weighted by molar-refractivity contribution is 0.0801. The lowest BCUT2D eigenvalue weighted by atomic mass is 9.89. The molecule has 5 rings (SSSR count). The van der Waals surface area contributed by atoms with Crippen LogP contribution in [-0.4, -0.2) is 45.9 Å². The van der Waals surface area contributed by atoms with Gasteiger partial charge in [-0.25, -0.2) is 13.4 Å². The van der Waals surface area contributed by atoms with Crippen LogP contribution in [0.1, 0.15) is 34.3 Å². The molecule has 1 aromatic heterocycles. The number of aromatic nitrogens is 1. The second-order valence-electron chi connectivity index (χ2n) is 9.29. The molecule has 1 saturated heterocycles. The number of hydrogen-bond acceptors (Lipinski definition) is 8. The van der Waals surface area contributed by atoms with Gasteiger partial charge in [0.2, 0.25) is 5.88 Å². The van der Waals surface area contributed by atoms with Crippen molar-refractivity contribution in [2.75, 3.05) is 31.9 Å². The molecule has 2 aliphatic rings. The highest BCUT2D eigenvalue weighted by Crippen LogP contribution is 2.59. The van der Waals surface area contributed by atoms with Crippen LogP contribution in [0.3, 0.4) is 0 Å². The summed E-state index contributed by atoms with van der Waals surface area (Å²) in [4.78, 5) is 18.1. The van der Waals surface area contributed by atoms with Crippen LogP contribution in [0.25, 0.3) is 0 Å². The smallest absolute Gasteiger partial charge is 0.261 e. The number of hydrogen-bond donors (Lipinski definition) is 1. The summed E-state index contributed by atoms with van der Waals surface area (Å²) in [6.45, 7) is 1.33. The van der Waals surface area contributed by atoms with Crippen molar-refractivity contribution in [2.24, 2.45) is 5.92 Å². The van der Waals surface area contributed by atoms with E-state index in [0.29, 0.717) is 41.9 Å². The summed E-state index contributed by atoms with van der Waals surface area (Å²) < 4.78 is 41.0. The van der Waals surface area contributed by atoms with Crippen molar-refractivity contribution in [1.29, 1.82) is 5.26 Å². The van der Waals surface area contributed by atoms with E-state index in [0.717, 1.165) is 24.7 Å². The summed E-state index contributed by atoms with van der Waals surface area (Å²) in [6, 6.07) is 14.6. The molecular weight excluding hydrogens is 494 g/mol. The number of benzene rings is 2. The van der Waals surface area contributed by atoms with E-state index in [1.54, 1.807) is 36.5 Å². The number of nitrogens with one attached hydrogen (secondary N) is 1. The Hall–Kier alpha value is -3.94. The number of pyridine rings is 1. The first-order valence-corrected chi connectivity index (χ1v) is 13.6. The molecule has 2 fully saturated rings. The third-order valence-corrected chi connectivity index (χ3v) is 8.04. The van der Waals surface area contributed by atoms with Crippen LogP contribution < -0.4 is 14.8 Å². The second-order valence-corrected chi connectivity index (χ2v) is 11.3. The standard InChI is InChI=1S/C27H25N3O6S/c1-34-24-10-17(14-28)6-7-23(24)36-26-22(11-18(15-29-26)27-8-9-35-16-19(27)13-27)25(31)30-20-4-3-5-21(12-20)37(2,32)33/h3-7,10-12,15,19H,8-9,13,16H2,1-2H3,(H,30,31). The predicted molar refractivity (Wildman–Crippen MR) is 135 cm³/mol. The first kappa shape index (κ1) is 24.7. The lowest BCUT2D eigenvalue weighted by Gasteiger charge is -2.23. The van der Waals surface area contributed by atoms with Gasteiger partial charge in [0.15, 0.2) is 21.3 Å². The number of rotatable bonds is 7. The highest BCUT2D eigenvalue weighted by molar-refractivity contribution is 7.90. The molecule has 1 N–H and O–H groups in total. The maximum absolute atomic E-state index is 13.5. The van der Waals surface area contributed by atoms with Crippen LogP contribution in [0.4, 0.5) is 5.69 Å². The molecule has 0 spiro atoms. The highest BCUT2D eigenvalue weighted by atomic mass is 32.2. The number of carbonyl (C=O) groups excluding carboxylic acids is 1. The number of methoxy groups -OCH3 is 1. The van der Waals surface area contributed by atoms with Gasteiger partial charge >= 0.3 is 0 Å². The molecule has 1 amide bonds. The van der Waals surface area contributed by atoms with Crippen LogP contribution in [0.15, 0.2) is 59.6 Å². The Morgan fingerprint density at radius 3 is 2.78 bits per heavy atom. The fraction of sp³-hybridized carbons (Fsp3) is 0.296. The molecule has 1 aliphatic carbocycles. The minimum Gasteiger partial charge on any atom is -0.493 e. The van der Waals surface area contributed by atoms with Crippen molar-refractivity contribution in [3.8, 4) is 23.4 Å². The first-order chi connectivity index (χ1) is 17.7. The normalized spacial score (nSPS) is 20.3. The topological polar surface area (TPSA) is 128 Å². The number of amides is 1. The molecule has 2 heterocycles. The van der Waals surface area contributed by atoms with Crippen molar-refractivity contribution < 1.29 is 27.4 Å². The van der Waals surface area contributed by atoms with Crippen molar-refractivity contribution in [1.82, 2.24) is 4.98 Å². The molecule has 190 valence electrons. The van der Waals surface area contributed by atoms with Gasteiger partial charge in [-0.1, -0.05) is 6.07 Å².